The van der Waals surface area contributed by atoms with Crippen LogP contribution >= 0.6 is 0 Å². The van der Waals surface area contributed by atoms with Crippen molar-refractivity contribution in [3.8, 4) is 0 Å². The van der Waals surface area contributed by atoms with Gasteiger partial charge in [-0.1, -0.05) is 45.4 Å². The average molecular weight is 497 g/mol. The molecule has 2 rings (SSSR count). The number of unbranched alkanes of at least 4 members (excludes halogenated alkanes) is 6. The molecule has 34 heavy (non-hydrogen) atoms. The van der Waals surface area contributed by atoms with E-state index in [1.54, 1.807) is 0 Å². The lowest BCUT2D eigenvalue weighted by atomic mass is 9.99. The molecular formula is C22H40O12. The highest BCUT2D eigenvalue weighted by molar-refractivity contribution is 5.69. The number of aliphatic hydroxyl groups is 7. The molecule has 0 radical (unpaired) electrons. The van der Waals surface area contributed by atoms with Crippen LogP contribution < -0.4 is 0 Å². The van der Waals surface area contributed by atoms with Crippen LogP contribution in [0.1, 0.15) is 58.3 Å². The number of carbonyl (C=O) groups is 1. The summed E-state index contributed by atoms with van der Waals surface area (Å²) in [6.07, 6.45) is -5.45. The quantitative estimate of drug-likeness (QED) is 0.106. The monoisotopic (exact) mass is 496 g/mol. The molecule has 2 aliphatic rings. The number of aliphatic hydroxyl groups excluding tert-OH is 7. The Hall–Kier alpha value is -0.930. The van der Waals surface area contributed by atoms with Crippen LogP contribution in [0.2, 0.25) is 0 Å². The van der Waals surface area contributed by atoms with E-state index < -0.39 is 80.6 Å². The maximum absolute atomic E-state index is 12.0. The number of carbonyl (C=O) groups excluding carboxylic acids is 1. The number of hydrogen-bond donors (Lipinski definition) is 7. The van der Waals surface area contributed by atoms with E-state index in [2.05, 4.69) is 6.92 Å². The number of esters is 1. The molecule has 9 atom stereocenters. The van der Waals surface area contributed by atoms with E-state index in [9.17, 15) is 40.5 Å². The minimum atomic E-state index is -2.27. The topological polar surface area (TPSA) is 196 Å². The second-order valence-electron chi connectivity index (χ2n) is 8.93. The first kappa shape index (κ1) is 29.3. The fourth-order valence-electron chi connectivity index (χ4n) is 4.09. The molecule has 12 nitrogen and oxygen atoms in total. The highest BCUT2D eigenvalue weighted by atomic mass is 16.8. The van der Waals surface area contributed by atoms with E-state index in [1.165, 1.54) is 19.3 Å². The summed E-state index contributed by atoms with van der Waals surface area (Å²) in [7, 11) is 0. The second-order valence-corrected chi connectivity index (χ2v) is 8.93. The molecule has 2 heterocycles. The molecule has 7 N–H and O–H groups in total. The molecule has 0 spiro atoms. The Morgan fingerprint density at radius 2 is 1.50 bits per heavy atom. The van der Waals surface area contributed by atoms with E-state index in [0.717, 1.165) is 19.3 Å². The van der Waals surface area contributed by atoms with Crippen molar-refractivity contribution < 1.29 is 59.5 Å². The van der Waals surface area contributed by atoms with Gasteiger partial charge in [-0.3, -0.25) is 4.79 Å². The Labute approximate surface area is 199 Å². The summed E-state index contributed by atoms with van der Waals surface area (Å²) in [5.41, 5.74) is 0. The zero-order valence-corrected chi connectivity index (χ0v) is 19.6. The van der Waals surface area contributed by atoms with E-state index in [4.69, 9.17) is 18.9 Å². The minimum Gasteiger partial charge on any atom is -0.463 e. The van der Waals surface area contributed by atoms with Crippen LogP contribution in [0.15, 0.2) is 0 Å². The van der Waals surface area contributed by atoms with E-state index in [0.29, 0.717) is 6.42 Å². The normalized spacial score (nSPS) is 38.2. The van der Waals surface area contributed by atoms with Crippen molar-refractivity contribution in [2.24, 2.45) is 0 Å². The van der Waals surface area contributed by atoms with Gasteiger partial charge in [0.25, 0.3) is 0 Å². The van der Waals surface area contributed by atoms with Gasteiger partial charge in [0.1, 0.15) is 55.9 Å². The Morgan fingerprint density at radius 1 is 0.853 bits per heavy atom. The predicted octanol–water partition coefficient (Wildman–Crippen LogP) is -1.70. The maximum atomic E-state index is 12.0. The van der Waals surface area contributed by atoms with Gasteiger partial charge in [0.05, 0.1) is 6.61 Å². The minimum absolute atomic E-state index is 0.190. The maximum Gasteiger partial charge on any atom is 0.305 e. The molecular weight excluding hydrogens is 456 g/mol. The Balaban J connectivity index is 1.88. The van der Waals surface area contributed by atoms with Crippen LogP contribution in [0.5, 0.6) is 0 Å². The molecule has 12 heteroatoms. The fourth-order valence-corrected chi connectivity index (χ4v) is 4.09. The van der Waals surface area contributed by atoms with Crippen molar-refractivity contribution in [3.05, 3.63) is 0 Å². The van der Waals surface area contributed by atoms with Crippen LogP contribution in [0, 0.1) is 0 Å². The highest BCUT2D eigenvalue weighted by Crippen LogP contribution is 2.36. The number of rotatable bonds is 14. The first-order valence-electron chi connectivity index (χ1n) is 12.0. The lowest BCUT2D eigenvalue weighted by molar-refractivity contribution is -0.383. The van der Waals surface area contributed by atoms with E-state index >= 15 is 0 Å². The molecule has 2 aliphatic heterocycles. The SMILES string of the molecule is CCCCCCCCCC(=O)OC[C@@H]1O[C@H](O[C@]2(CO)O[C@H](CO)[C@@H](O)[C@@H]2O)[C@@H](O)[C@H](O)[C@H]1O. The summed E-state index contributed by atoms with van der Waals surface area (Å²) in [6, 6.07) is 0. The van der Waals surface area contributed by atoms with Gasteiger partial charge >= 0.3 is 5.97 Å². The summed E-state index contributed by atoms with van der Waals surface area (Å²) in [4.78, 5) is 12.0. The Morgan fingerprint density at radius 3 is 2.09 bits per heavy atom. The van der Waals surface area contributed by atoms with Crippen molar-refractivity contribution in [2.75, 3.05) is 19.8 Å². The smallest absolute Gasteiger partial charge is 0.305 e. The van der Waals surface area contributed by atoms with Crippen molar-refractivity contribution in [1.82, 2.24) is 0 Å². The van der Waals surface area contributed by atoms with Crippen molar-refractivity contribution in [2.45, 2.75) is 113 Å². The third-order valence-corrected chi connectivity index (χ3v) is 6.28. The van der Waals surface area contributed by atoms with Crippen molar-refractivity contribution >= 4 is 5.97 Å². The first-order valence-corrected chi connectivity index (χ1v) is 12.0. The van der Waals surface area contributed by atoms with Gasteiger partial charge in [-0.25, -0.2) is 0 Å². The highest BCUT2D eigenvalue weighted by Gasteiger charge is 2.58. The van der Waals surface area contributed by atoms with Crippen LogP contribution in [0.25, 0.3) is 0 Å². The lowest BCUT2D eigenvalue weighted by Crippen LogP contribution is -2.62. The van der Waals surface area contributed by atoms with Crippen LogP contribution in [0.4, 0.5) is 0 Å². The summed E-state index contributed by atoms with van der Waals surface area (Å²) in [5.74, 6) is -2.77. The second kappa shape index (κ2) is 14.0. The predicted molar refractivity (Wildman–Crippen MR) is 115 cm³/mol. The van der Waals surface area contributed by atoms with Crippen molar-refractivity contribution in [3.63, 3.8) is 0 Å². The largest absolute Gasteiger partial charge is 0.463 e. The molecule has 0 aromatic carbocycles. The zero-order valence-electron chi connectivity index (χ0n) is 19.6. The van der Waals surface area contributed by atoms with Crippen molar-refractivity contribution in [1.29, 1.82) is 0 Å². The van der Waals surface area contributed by atoms with E-state index in [1.807, 2.05) is 0 Å². The molecule has 200 valence electrons. The van der Waals surface area contributed by atoms with Crippen LogP contribution in [-0.2, 0) is 23.7 Å². The number of hydrogen-bond acceptors (Lipinski definition) is 12. The van der Waals surface area contributed by atoms with Gasteiger partial charge in [0.2, 0.25) is 5.79 Å². The summed E-state index contributed by atoms with van der Waals surface area (Å²) < 4.78 is 21.3. The fraction of sp³-hybridized carbons (Fsp3) is 0.955. The van der Waals surface area contributed by atoms with Crippen LogP contribution in [0.3, 0.4) is 0 Å². The van der Waals surface area contributed by atoms with Gasteiger partial charge in [-0.05, 0) is 6.42 Å². The van der Waals surface area contributed by atoms with Gasteiger partial charge in [0.15, 0.2) is 6.29 Å². The van der Waals surface area contributed by atoms with Gasteiger partial charge in [-0.15, -0.1) is 0 Å². The number of ether oxygens (including phenoxy) is 4. The van der Waals surface area contributed by atoms with Crippen LogP contribution in [-0.4, -0.2) is 116 Å². The Bertz CT molecular complexity index is 606. The molecule has 0 aliphatic carbocycles. The molecule has 0 unspecified atom stereocenters. The van der Waals surface area contributed by atoms with Gasteiger partial charge in [0, 0.05) is 6.42 Å². The molecule has 2 fully saturated rings. The summed E-state index contributed by atoms with van der Waals surface area (Å²) in [6.45, 7) is 0.0448. The third kappa shape index (κ3) is 7.29. The third-order valence-electron chi connectivity index (χ3n) is 6.28. The molecule has 0 saturated carbocycles. The van der Waals surface area contributed by atoms with Gasteiger partial charge < -0.3 is 54.7 Å². The lowest BCUT2D eigenvalue weighted by Gasteiger charge is -2.43. The molecule has 0 aromatic rings. The molecule has 0 aromatic heterocycles. The molecule has 2 saturated heterocycles. The molecule has 0 bridgehead atoms. The summed E-state index contributed by atoms with van der Waals surface area (Å²) in [5, 5.41) is 69.9. The Kier molecular flexibility index (Phi) is 12.0. The molecule has 0 amide bonds. The summed E-state index contributed by atoms with van der Waals surface area (Å²) >= 11 is 0. The standard InChI is InChI=1S/C22H40O12/c1-2-3-4-5-6-7-8-9-15(25)31-11-14-16(26)18(28)19(29)21(32-14)34-22(12-24)20(30)17(27)13(10-23)33-22/h13-14,16-21,23-24,26-30H,2-12H2,1H3/t13-,14+,16+,17-,18-,19+,20+,21-,22+/m1/s1. The van der Waals surface area contributed by atoms with Gasteiger partial charge in [-0.2, -0.15) is 0 Å². The van der Waals surface area contributed by atoms with E-state index in [-0.39, 0.29) is 6.42 Å². The first-order chi connectivity index (χ1) is 16.2. The average Bonchev–Trinajstić information content (AvgIpc) is 3.08. The zero-order chi connectivity index (χ0) is 25.3.